The van der Waals surface area contributed by atoms with Crippen LogP contribution >= 0.6 is 11.8 Å². The van der Waals surface area contributed by atoms with Crippen LogP contribution in [0.25, 0.3) is 0 Å². The van der Waals surface area contributed by atoms with Gasteiger partial charge in [-0.3, -0.25) is 4.90 Å². The van der Waals surface area contributed by atoms with Crippen LogP contribution in [0, 0.1) is 0 Å². The Morgan fingerprint density at radius 1 is 1.50 bits per heavy atom. The van der Waals surface area contributed by atoms with Crippen LogP contribution in [0.15, 0.2) is 12.2 Å². The van der Waals surface area contributed by atoms with Gasteiger partial charge in [-0.1, -0.05) is 6.08 Å². The normalized spacial score (nSPS) is 18.6. The molecule has 0 unspecified atom stereocenters. The molecular formula is C10H17NO2S. The Kier molecular flexibility index (Phi) is 5.71. The zero-order valence-electron chi connectivity index (χ0n) is 8.57. The quantitative estimate of drug-likeness (QED) is 0.520. The van der Waals surface area contributed by atoms with Crippen LogP contribution < -0.4 is 0 Å². The molecule has 3 nitrogen and oxygen atoms in total. The lowest BCUT2D eigenvalue weighted by atomic mass is 10.4. The van der Waals surface area contributed by atoms with E-state index in [9.17, 15) is 4.79 Å². The second-order valence-corrected chi connectivity index (χ2v) is 4.29. The van der Waals surface area contributed by atoms with Crippen LogP contribution in [0.2, 0.25) is 0 Å². The standard InChI is InChI=1S/C10H17NO2S/c1-2-13-10(12)4-3-5-11-6-8-14-9-7-11/h3-4H,2,5-9H2,1H3/b4-3+. The molecule has 0 bridgehead atoms. The molecule has 0 amide bonds. The average molecular weight is 215 g/mol. The monoisotopic (exact) mass is 215 g/mol. The molecule has 1 aliphatic rings. The second kappa shape index (κ2) is 6.90. The molecule has 1 saturated heterocycles. The molecular weight excluding hydrogens is 198 g/mol. The van der Waals surface area contributed by atoms with Crippen molar-refractivity contribution in [2.75, 3.05) is 37.7 Å². The minimum absolute atomic E-state index is 0.237. The molecule has 1 heterocycles. The zero-order valence-corrected chi connectivity index (χ0v) is 9.39. The van der Waals surface area contributed by atoms with E-state index in [1.165, 1.54) is 17.6 Å². The molecule has 1 aliphatic heterocycles. The van der Waals surface area contributed by atoms with E-state index in [4.69, 9.17) is 4.74 Å². The molecule has 0 spiro atoms. The van der Waals surface area contributed by atoms with Gasteiger partial charge >= 0.3 is 5.97 Å². The first kappa shape index (κ1) is 11.6. The van der Waals surface area contributed by atoms with Crippen LogP contribution in [-0.2, 0) is 9.53 Å². The van der Waals surface area contributed by atoms with Crippen molar-refractivity contribution in [1.82, 2.24) is 4.90 Å². The average Bonchev–Trinajstić information content (AvgIpc) is 2.20. The summed E-state index contributed by atoms with van der Waals surface area (Å²) >= 11 is 1.99. The van der Waals surface area contributed by atoms with E-state index in [-0.39, 0.29) is 5.97 Å². The summed E-state index contributed by atoms with van der Waals surface area (Å²) in [5, 5.41) is 0. The van der Waals surface area contributed by atoms with Crippen molar-refractivity contribution < 1.29 is 9.53 Å². The molecule has 0 aliphatic carbocycles. The zero-order chi connectivity index (χ0) is 10.2. The van der Waals surface area contributed by atoms with E-state index in [1.807, 2.05) is 24.8 Å². The first-order valence-electron chi connectivity index (χ1n) is 4.96. The number of hydrogen-bond donors (Lipinski definition) is 0. The fourth-order valence-electron chi connectivity index (χ4n) is 1.27. The van der Waals surface area contributed by atoms with E-state index in [0.717, 1.165) is 19.6 Å². The van der Waals surface area contributed by atoms with Crippen molar-refractivity contribution in [3.05, 3.63) is 12.2 Å². The van der Waals surface area contributed by atoms with Crippen molar-refractivity contribution in [2.24, 2.45) is 0 Å². The Morgan fingerprint density at radius 3 is 2.86 bits per heavy atom. The Balaban J connectivity index is 2.14. The Hall–Kier alpha value is -0.480. The van der Waals surface area contributed by atoms with Crippen LogP contribution in [0.5, 0.6) is 0 Å². The minimum Gasteiger partial charge on any atom is -0.463 e. The van der Waals surface area contributed by atoms with Crippen LogP contribution in [-0.4, -0.2) is 48.6 Å². The molecule has 0 aromatic carbocycles. The molecule has 0 N–H and O–H groups in total. The van der Waals surface area contributed by atoms with Crippen molar-refractivity contribution >= 4 is 17.7 Å². The maximum Gasteiger partial charge on any atom is 0.330 e. The summed E-state index contributed by atoms with van der Waals surface area (Å²) in [7, 11) is 0. The fourth-order valence-corrected chi connectivity index (χ4v) is 2.25. The van der Waals surface area contributed by atoms with Gasteiger partial charge in [0, 0.05) is 37.2 Å². The van der Waals surface area contributed by atoms with Crippen LogP contribution in [0.3, 0.4) is 0 Å². The summed E-state index contributed by atoms with van der Waals surface area (Å²) in [6.07, 6.45) is 3.40. The predicted octanol–water partition coefficient (Wildman–Crippen LogP) is 1.15. The molecule has 80 valence electrons. The highest BCUT2D eigenvalue weighted by molar-refractivity contribution is 7.99. The van der Waals surface area contributed by atoms with Gasteiger partial charge in [-0.25, -0.2) is 4.79 Å². The molecule has 0 atom stereocenters. The van der Waals surface area contributed by atoms with Crippen molar-refractivity contribution in [1.29, 1.82) is 0 Å². The number of ether oxygens (including phenoxy) is 1. The van der Waals surface area contributed by atoms with Crippen molar-refractivity contribution in [3.63, 3.8) is 0 Å². The first-order valence-corrected chi connectivity index (χ1v) is 6.12. The van der Waals surface area contributed by atoms with Crippen molar-refractivity contribution in [2.45, 2.75) is 6.92 Å². The van der Waals surface area contributed by atoms with E-state index in [1.54, 1.807) is 0 Å². The maximum atomic E-state index is 11.0. The molecule has 4 heteroatoms. The summed E-state index contributed by atoms with van der Waals surface area (Å²) in [5.41, 5.74) is 0. The number of nitrogens with zero attached hydrogens (tertiary/aromatic N) is 1. The van der Waals surface area contributed by atoms with E-state index in [2.05, 4.69) is 4.90 Å². The van der Waals surface area contributed by atoms with Gasteiger partial charge in [-0.15, -0.1) is 0 Å². The van der Waals surface area contributed by atoms with Crippen LogP contribution in [0.4, 0.5) is 0 Å². The third-order valence-electron chi connectivity index (χ3n) is 2.01. The summed E-state index contributed by atoms with van der Waals surface area (Å²) in [5.74, 6) is 2.17. The molecule has 14 heavy (non-hydrogen) atoms. The summed E-state index contributed by atoms with van der Waals surface area (Å²) < 4.78 is 4.78. The highest BCUT2D eigenvalue weighted by atomic mass is 32.2. The predicted molar refractivity (Wildman–Crippen MR) is 59.5 cm³/mol. The summed E-state index contributed by atoms with van der Waals surface area (Å²) in [4.78, 5) is 13.3. The molecule has 1 rings (SSSR count). The summed E-state index contributed by atoms with van der Waals surface area (Å²) in [6, 6.07) is 0. The molecule has 0 aromatic rings. The number of thioether (sulfide) groups is 1. The third kappa shape index (κ3) is 4.67. The van der Waals surface area contributed by atoms with Gasteiger partial charge in [-0.2, -0.15) is 11.8 Å². The van der Waals surface area contributed by atoms with E-state index < -0.39 is 0 Å². The SMILES string of the molecule is CCOC(=O)/C=C/CN1CCSCC1. The number of rotatable bonds is 4. The maximum absolute atomic E-state index is 11.0. The lowest BCUT2D eigenvalue weighted by Gasteiger charge is -2.24. The van der Waals surface area contributed by atoms with Gasteiger partial charge in [0.1, 0.15) is 0 Å². The van der Waals surface area contributed by atoms with Crippen molar-refractivity contribution in [3.8, 4) is 0 Å². The largest absolute Gasteiger partial charge is 0.463 e. The Morgan fingerprint density at radius 2 is 2.21 bits per heavy atom. The first-order chi connectivity index (χ1) is 6.83. The Bertz CT molecular complexity index is 200. The summed E-state index contributed by atoms with van der Waals surface area (Å²) in [6.45, 7) is 5.37. The number of carbonyl (C=O) groups is 1. The highest BCUT2D eigenvalue weighted by Gasteiger charge is 2.07. The van der Waals surface area contributed by atoms with Gasteiger partial charge in [-0.05, 0) is 6.92 Å². The van der Waals surface area contributed by atoms with Gasteiger partial charge in [0.05, 0.1) is 6.61 Å². The van der Waals surface area contributed by atoms with E-state index >= 15 is 0 Å². The molecule has 0 aromatic heterocycles. The third-order valence-corrected chi connectivity index (χ3v) is 2.95. The second-order valence-electron chi connectivity index (χ2n) is 3.07. The molecule has 1 fully saturated rings. The fraction of sp³-hybridized carbons (Fsp3) is 0.700. The number of esters is 1. The van der Waals surface area contributed by atoms with E-state index in [0.29, 0.717) is 6.61 Å². The van der Waals surface area contributed by atoms with Gasteiger partial charge in [0.2, 0.25) is 0 Å². The topological polar surface area (TPSA) is 29.5 Å². The molecule has 0 saturated carbocycles. The Labute approximate surface area is 89.5 Å². The molecule has 0 radical (unpaired) electrons. The van der Waals surface area contributed by atoms with Crippen LogP contribution in [0.1, 0.15) is 6.92 Å². The van der Waals surface area contributed by atoms with Gasteiger partial charge in [0.25, 0.3) is 0 Å². The number of hydrogen-bond acceptors (Lipinski definition) is 4. The lowest BCUT2D eigenvalue weighted by Crippen LogP contribution is -2.32. The minimum atomic E-state index is -0.237. The number of carbonyl (C=O) groups excluding carboxylic acids is 1. The lowest BCUT2D eigenvalue weighted by molar-refractivity contribution is -0.137. The van der Waals surface area contributed by atoms with Gasteiger partial charge in [0.15, 0.2) is 0 Å². The smallest absolute Gasteiger partial charge is 0.330 e. The van der Waals surface area contributed by atoms with Gasteiger partial charge < -0.3 is 4.74 Å². The highest BCUT2D eigenvalue weighted by Crippen LogP contribution is 2.08.